The van der Waals surface area contributed by atoms with Crippen molar-refractivity contribution in [1.82, 2.24) is 15.3 Å². The molecule has 2 aromatic heterocycles. The lowest BCUT2D eigenvalue weighted by Gasteiger charge is -2.13. The minimum absolute atomic E-state index is 0.473. The Bertz CT molecular complexity index is 1630. The number of carbonyl (C=O) groups is 2. The quantitative estimate of drug-likeness (QED) is 0.259. The predicted molar refractivity (Wildman–Crippen MR) is 144 cm³/mol. The van der Waals surface area contributed by atoms with Crippen LogP contribution in [0, 0.1) is 0 Å². The van der Waals surface area contributed by atoms with Gasteiger partial charge in [-0.05, 0) is 48.5 Å². The number of rotatable bonds is 6. The first-order valence-corrected chi connectivity index (χ1v) is 11.6. The van der Waals surface area contributed by atoms with E-state index >= 15 is 0 Å². The van der Waals surface area contributed by atoms with Crippen molar-refractivity contribution < 1.29 is 23.8 Å². The molecule has 0 aliphatic rings. The van der Waals surface area contributed by atoms with Crippen LogP contribution in [0.1, 0.15) is 0 Å². The first kappa shape index (κ1) is 24.3. The average Bonchev–Trinajstić information content (AvgIpc) is 2.93. The van der Waals surface area contributed by atoms with Crippen LogP contribution in [0.3, 0.4) is 0 Å². The molecule has 0 saturated carbocycles. The molecule has 5 aromatic rings. The smallest absolute Gasteiger partial charge is 0.327 e. The van der Waals surface area contributed by atoms with Gasteiger partial charge in [0.1, 0.15) is 11.5 Å². The van der Waals surface area contributed by atoms with Gasteiger partial charge in [-0.25, -0.2) is 9.59 Å². The second kappa shape index (κ2) is 10.7. The highest BCUT2D eigenvalue weighted by Gasteiger charge is 2.13. The van der Waals surface area contributed by atoms with Crippen LogP contribution in [0.4, 0.5) is 21.0 Å². The Morgan fingerprint density at radius 2 is 1.47 bits per heavy atom. The molecule has 0 bridgehead atoms. The number of nitrogens with zero attached hydrogens (tertiary/aromatic N) is 2. The van der Waals surface area contributed by atoms with Gasteiger partial charge in [0.05, 0.1) is 30.9 Å². The number of imide groups is 1. The predicted octanol–water partition coefficient (Wildman–Crippen LogP) is 5.95. The molecule has 3 N–H and O–H groups in total. The second-order valence-corrected chi connectivity index (χ2v) is 8.07. The maximum Gasteiger partial charge on any atom is 0.327 e. The molecule has 0 aliphatic carbocycles. The number of anilines is 2. The number of benzene rings is 3. The zero-order valence-electron chi connectivity index (χ0n) is 20.5. The van der Waals surface area contributed by atoms with Gasteiger partial charge >= 0.3 is 12.1 Å². The summed E-state index contributed by atoms with van der Waals surface area (Å²) in [4.78, 5) is 33.4. The van der Waals surface area contributed by atoms with E-state index in [2.05, 4.69) is 25.9 Å². The fourth-order valence-corrected chi connectivity index (χ4v) is 3.89. The number of amides is 4. The summed E-state index contributed by atoms with van der Waals surface area (Å²) >= 11 is 0. The number of pyridine rings is 2. The number of urea groups is 2. The lowest BCUT2D eigenvalue weighted by atomic mass is 10.2. The second-order valence-electron chi connectivity index (χ2n) is 8.07. The van der Waals surface area contributed by atoms with E-state index in [-0.39, 0.29) is 0 Å². The summed E-state index contributed by atoms with van der Waals surface area (Å²) in [6.07, 6.45) is 3.28. The molecule has 38 heavy (non-hydrogen) atoms. The number of ether oxygens (including phenoxy) is 3. The SMILES string of the molecule is COc1cc2nccc(Oc3ccc(NC(=O)NC(=O)Nc4cccc5cccnc45)cc3)c2cc1OC. The van der Waals surface area contributed by atoms with Gasteiger partial charge in [-0.1, -0.05) is 18.2 Å². The molecule has 10 heteroatoms. The van der Waals surface area contributed by atoms with Gasteiger partial charge in [0.25, 0.3) is 0 Å². The first-order valence-electron chi connectivity index (χ1n) is 11.6. The van der Waals surface area contributed by atoms with Crippen molar-refractivity contribution in [3.63, 3.8) is 0 Å². The molecule has 190 valence electrons. The molecule has 0 saturated heterocycles. The highest BCUT2D eigenvalue weighted by Crippen LogP contribution is 2.37. The van der Waals surface area contributed by atoms with E-state index < -0.39 is 12.1 Å². The first-order chi connectivity index (χ1) is 18.5. The Hall–Kier alpha value is -5.38. The Kier molecular flexibility index (Phi) is 6.85. The van der Waals surface area contributed by atoms with Gasteiger partial charge in [-0.3, -0.25) is 15.3 Å². The van der Waals surface area contributed by atoms with Crippen LogP contribution < -0.4 is 30.2 Å². The number of methoxy groups -OCH3 is 2. The van der Waals surface area contributed by atoms with Crippen molar-refractivity contribution in [1.29, 1.82) is 0 Å². The largest absolute Gasteiger partial charge is 0.493 e. The van der Waals surface area contributed by atoms with Crippen LogP contribution in [-0.2, 0) is 0 Å². The summed E-state index contributed by atoms with van der Waals surface area (Å²) in [5.41, 5.74) is 2.28. The highest BCUT2D eigenvalue weighted by atomic mass is 16.5. The summed E-state index contributed by atoms with van der Waals surface area (Å²) < 4.78 is 16.8. The molecule has 0 spiro atoms. The number of carbonyl (C=O) groups excluding carboxylic acids is 2. The normalized spacial score (nSPS) is 10.6. The summed E-state index contributed by atoms with van der Waals surface area (Å²) in [6, 6.07) is 19.8. The van der Waals surface area contributed by atoms with Crippen molar-refractivity contribution >= 4 is 45.2 Å². The van der Waals surface area contributed by atoms with Crippen LogP contribution in [0.25, 0.3) is 21.8 Å². The van der Waals surface area contributed by atoms with E-state index in [4.69, 9.17) is 14.2 Å². The van der Waals surface area contributed by atoms with Gasteiger partial charge in [-0.2, -0.15) is 0 Å². The minimum Gasteiger partial charge on any atom is -0.493 e. The molecule has 5 rings (SSSR count). The molecule has 0 atom stereocenters. The highest BCUT2D eigenvalue weighted by molar-refractivity contribution is 6.07. The molecule has 0 fully saturated rings. The molecule has 4 amide bonds. The van der Waals surface area contributed by atoms with E-state index in [0.29, 0.717) is 45.4 Å². The van der Waals surface area contributed by atoms with Crippen LogP contribution in [-0.4, -0.2) is 36.2 Å². The third-order valence-corrected chi connectivity index (χ3v) is 5.65. The Morgan fingerprint density at radius 3 is 2.26 bits per heavy atom. The van der Waals surface area contributed by atoms with Crippen LogP contribution >= 0.6 is 0 Å². The minimum atomic E-state index is -0.689. The van der Waals surface area contributed by atoms with Gasteiger partial charge in [-0.15, -0.1) is 0 Å². The van der Waals surface area contributed by atoms with Gasteiger partial charge in [0.2, 0.25) is 0 Å². The summed E-state index contributed by atoms with van der Waals surface area (Å²) in [5.74, 6) is 2.25. The number of hydrogen-bond acceptors (Lipinski definition) is 7. The molecule has 2 heterocycles. The van der Waals surface area contributed by atoms with Gasteiger partial charge in [0.15, 0.2) is 11.5 Å². The van der Waals surface area contributed by atoms with Crippen molar-refractivity contribution in [2.75, 3.05) is 24.9 Å². The fourth-order valence-electron chi connectivity index (χ4n) is 3.89. The van der Waals surface area contributed by atoms with Crippen molar-refractivity contribution in [3.05, 3.63) is 85.2 Å². The fraction of sp³-hybridized carbons (Fsp3) is 0.0714. The lowest BCUT2D eigenvalue weighted by molar-refractivity contribution is 0.240. The van der Waals surface area contributed by atoms with E-state index in [0.717, 1.165) is 10.8 Å². The van der Waals surface area contributed by atoms with Gasteiger partial charge in [0, 0.05) is 34.9 Å². The molecule has 0 radical (unpaired) electrons. The van der Waals surface area contributed by atoms with E-state index in [1.54, 1.807) is 81.2 Å². The van der Waals surface area contributed by atoms with Crippen LogP contribution in [0.5, 0.6) is 23.0 Å². The Balaban J connectivity index is 1.22. The molecular weight excluding hydrogens is 486 g/mol. The monoisotopic (exact) mass is 509 g/mol. The molecule has 0 unspecified atom stereocenters. The van der Waals surface area contributed by atoms with E-state index in [9.17, 15) is 9.59 Å². The molecule has 0 aliphatic heterocycles. The van der Waals surface area contributed by atoms with Crippen molar-refractivity contribution in [3.8, 4) is 23.0 Å². The maximum absolute atomic E-state index is 12.4. The van der Waals surface area contributed by atoms with Crippen molar-refractivity contribution in [2.45, 2.75) is 0 Å². The molecule has 10 nitrogen and oxygen atoms in total. The van der Waals surface area contributed by atoms with Crippen LogP contribution in [0.15, 0.2) is 85.2 Å². The average molecular weight is 510 g/mol. The molecular formula is C28H23N5O5. The summed E-state index contributed by atoms with van der Waals surface area (Å²) in [6.45, 7) is 0. The van der Waals surface area contributed by atoms with Crippen LogP contribution in [0.2, 0.25) is 0 Å². The standard InChI is InChI=1S/C28H23N5O5/c1-36-24-15-20-22(16-25(24)37-2)29-14-12-23(20)38-19-10-8-18(9-11-19)31-27(34)33-28(35)32-21-7-3-5-17-6-4-13-30-26(17)21/h3-16H,1-2H3,(H3,31,32,33,34,35). The zero-order chi connectivity index (χ0) is 26.5. The van der Waals surface area contributed by atoms with Crippen molar-refractivity contribution in [2.24, 2.45) is 0 Å². The summed E-state index contributed by atoms with van der Waals surface area (Å²) in [7, 11) is 3.13. The van der Waals surface area contributed by atoms with E-state index in [1.807, 2.05) is 18.2 Å². The Labute approximate surface area is 217 Å². The topological polar surface area (TPSA) is 124 Å². The number of fused-ring (bicyclic) bond motifs is 2. The maximum atomic E-state index is 12.4. The number of hydrogen-bond donors (Lipinski definition) is 3. The van der Waals surface area contributed by atoms with Gasteiger partial charge < -0.3 is 24.8 Å². The number of nitrogens with one attached hydrogen (secondary N) is 3. The summed E-state index contributed by atoms with van der Waals surface area (Å²) in [5, 5.41) is 9.14. The Morgan fingerprint density at radius 1 is 0.737 bits per heavy atom. The third kappa shape index (κ3) is 5.24. The molecule has 3 aromatic carbocycles. The third-order valence-electron chi connectivity index (χ3n) is 5.65. The lowest BCUT2D eigenvalue weighted by Crippen LogP contribution is -2.37. The number of para-hydroxylation sites is 1. The van der Waals surface area contributed by atoms with E-state index in [1.165, 1.54) is 0 Å². The number of aromatic nitrogens is 2. The zero-order valence-corrected chi connectivity index (χ0v) is 20.5.